The van der Waals surface area contributed by atoms with E-state index in [0.717, 1.165) is 54.8 Å². The van der Waals surface area contributed by atoms with Crippen LogP contribution in [-0.4, -0.2) is 54.4 Å². The Labute approximate surface area is 185 Å². The number of nitrogen functional groups attached to an aromatic ring is 1. The molecular formula is C18H26Cl2N6O2S. The van der Waals surface area contributed by atoms with Gasteiger partial charge in [-0.05, 0) is 36.8 Å². The minimum atomic E-state index is -0.504. The van der Waals surface area contributed by atoms with Gasteiger partial charge in [-0.15, -0.1) is 36.2 Å². The van der Waals surface area contributed by atoms with Crippen LogP contribution in [0.5, 0.6) is 0 Å². The molecule has 0 radical (unpaired) electrons. The summed E-state index contributed by atoms with van der Waals surface area (Å²) in [7, 11) is 0. The van der Waals surface area contributed by atoms with Crippen molar-refractivity contribution in [1.82, 2.24) is 9.88 Å². The van der Waals surface area contributed by atoms with Gasteiger partial charge in [-0.1, -0.05) is 0 Å². The molecule has 0 spiro atoms. The number of amides is 2. The van der Waals surface area contributed by atoms with Crippen LogP contribution in [0.15, 0.2) is 0 Å². The zero-order valence-electron chi connectivity index (χ0n) is 16.0. The molecule has 11 heteroatoms. The number of fused-ring (bicyclic) bond motifs is 3. The maximum atomic E-state index is 11.8. The predicted molar refractivity (Wildman–Crippen MR) is 122 cm³/mol. The Balaban J connectivity index is 0.00000150. The summed E-state index contributed by atoms with van der Waals surface area (Å²) < 4.78 is 0. The number of hydrogen-bond donors (Lipinski definition) is 3. The molecule has 8 nitrogen and oxygen atoms in total. The van der Waals surface area contributed by atoms with Crippen LogP contribution in [0.2, 0.25) is 0 Å². The second-order valence-corrected chi connectivity index (χ2v) is 8.06. The number of aromatic nitrogens is 1. The van der Waals surface area contributed by atoms with E-state index in [1.54, 1.807) is 4.90 Å². The van der Waals surface area contributed by atoms with E-state index >= 15 is 0 Å². The van der Waals surface area contributed by atoms with Gasteiger partial charge in [0.25, 0.3) is 5.91 Å². The van der Waals surface area contributed by atoms with Gasteiger partial charge in [0.1, 0.15) is 15.5 Å². The first-order valence-corrected chi connectivity index (χ1v) is 10.1. The number of hydrogen-bond acceptors (Lipinski definition) is 7. The van der Waals surface area contributed by atoms with Crippen molar-refractivity contribution < 1.29 is 9.59 Å². The third kappa shape index (κ3) is 4.09. The number of primary amides is 1. The summed E-state index contributed by atoms with van der Waals surface area (Å²) >= 11 is 1.27. The largest absolute Gasteiger partial charge is 0.397 e. The van der Waals surface area contributed by atoms with Gasteiger partial charge >= 0.3 is 0 Å². The van der Waals surface area contributed by atoms with Crippen molar-refractivity contribution in [2.24, 2.45) is 11.5 Å². The summed E-state index contributed by atoms with van der Waals surface area (Å²) in [4.78, 5) is 33.7. The Hall–Kier alpha value is -1.81. The molecule has 2 aromatic rings. The van der Waals surface area contributed by atoms with Crippen molar-refractivity contribution in [3.8, 4) is 0 Å². The summed E-state index contributed by atoms with van der Waals surface area (Å²) in [6.07, 6.45) is 4.11. The number of nitrogens with zero attached hydrogens (tertiary/aromatic N) is 3. The summed E-state index contributed by atoms with van der Waals surface area (Å²) in [5, 5.41) is 0.907. The van der Waals surface area contributed by atoms with Gasteiger partial charge in [-0.2, -0.15) is 0 Å². The van der Waals surface area contributed by atoms with E-state index in [4.69, 9.17) is 22.2 Å². The van der Waals surface area contributed by atoms with Gasteiger partial charge in [-0.3, -0.25) is 9.59 Å². The Kier molecular flexibility index (Phi) is 7.56. The van der Waals surface area contributed by atoms with Crippen LogP contribution in [0, 0.1) is 0 Å². The lowest BCUT2D eigenvalue weighted by atomic mass is 9.89. The summed E-state index contributed by atoms with van der Waals surface area (Å²) in [5.74, 6) is 0.446. The number of carbonyl (C=O) groups excluding carboxylic acids is 2. The van der Waals surface area contributed by atoms with Crippen LogP contribution in [-0.2, 0) is 17.6 Å². The second kappa shape index (κ2) is 9.34. The Bertz CT molecular complexity index is 927. The molecule has 4 rings (SSSR count). The lowest BCUT2D eigenvalue weighted by Gasteiger charge is -2.37. The number of rotatable bonds is 3. The molecule has 0 bridgehead atoms. The molecule has 0 aromatic carbocycles. The third-order valence-corrected chi connectivity index (χ3v) is 6.62. The number of thiophene rings is 1. The van der Waals surface area contributed by atoms with Crippen LogP contribution in [0.1, 0.15) is 33.6 Å². The molecule has 2 aromatic heterocycles. The van der Waals surface area contributed by atoms with Gasteiger partial charge in [-0.25, -0.2) is 4.98 Å². The fourth-order valence-corrected chi connectivity index (χ4v) is 5.11. The molecule has 1 fully saturated rings. The van der Waals surface area contributed by atoms with E-state index in [-0.39, 0.29) is 37.3 Å². The minimum absolute atomic E-state index is 0. The van der Waals surface area contributed by atoms with Gasteiger partial charge in [0.15, 0.2) is 0 Å². The number of aryl methyl sites for hydroxylation is 1. The van der Waals surface area contributed by atoms with E-state index < -0.39 is 5.91 Å². The minimum Gasteiger partial charge on any atom is -0.397 e. The van der Waals surface area contributed by atoms with Crippen LogP contribution >= 0.6 is 36.2 Å². The van der Waals surface area contributed by atoms with E-state index in [1.807, 2.05) is 0 Å². The average molecular weight is 461 g/mol. The fourth-order valence-electron chi connectivity index (χ4n) is 4.13. The molecule has 2 amide bonds. The van der Waals surface area contributed by atoms with Crippen molar-refractivity contribution >= 4 is 69.7 Å². The van der Waals surface area contributed by atoms with E-state index in [0.29, 0.717) is 23.7 Å². The highest BCUT2D eigenvalue weighted by atomic mass is 35.5. The Morgan fingerprint density at radius 2 is 1.66 bits per heavy atom. The smallest absolute Gasteiger partial charge is 0.260 e. The van der Waals surface area contributed by atoms with Gasteiger partial charge < -0.3 is 27.0 Å². The lowest BCUT2D eigenvalue weighted by molar-refractivity contribution is -0.129. The maximum absolute atomic E-state index is 11.8. The molecule has 1 saturated heterocycles. The number of piperazine rings is 1. The van der Waals surface area contributed by atoms with Crippen LogP contribution in [0.3, 0.4) is 0 Å². The molecule has 0 saturated carbocycles. The number of pyridine rings is 1. The number of anilines is 2. The number of nitrogens with two attached hydrogens (primary N) is 3. The van der Waals surface area contributed by atoms with Crippen LogP contribution in [0.4, 0.5) is 11.5 Å². The van der Waals surface area contributed by atoms with E-state index in [2.05, 4.69) is 4.90 Å². The van der Waals surface area contributed by atoms with Crippen molar-refractivity contribution in [2.75, 3.05) is 43.4 Å². The monoisotopic (exact) mass is 460 g/mol. The van der Waals surface area contributed by atoms with Crippen molar-refractivity contribution in [2.45, 2.75) is 25.7 Å². The molecule has 1 aliphatic heterocycles. The summed E-state index contributed by atoms with van der Waals surface area (Å²) in [6, 6.07) is 0. The van der Waals surface area contributed by atoms with Crippen LogP contribution in [0.25, 0.3) is 10.2 Å². The van der Waals surface area contributed by atoms with E-state index in [9.17, 15) is 9.59 Å². The summed E-state index contributed by atoms with van der Waals surface area (Å²) in [5.41, 5.74) is 20.1. The topological polar surface area (TPSA) is 132 Å². The standard InChI is InChI=1S/C18H24N6O2S.2ClH/c19-9-12(25)23-5-7-24(8-6-23)17-11-4-2-1-3-10(11)13-14(20)15(16(21)26)27-18(13)22-17;;/h1-9,19-20H2,(H2,21,26);2*1H. The summed E-state index contributed by atoms with van der Waals surface area (Å²) in [6.45, 7) is 2.78. The zero-order chi connectivity index (χ0) is 19.1. The SMILES string of the molecule is Cl.Cl.NCC(=O)N1CCN(c2nc3sc(C(N)=O)c(N)c3c3c2CCCC3)CC1. The molecule has 29 heavy (non-hydrogen) atoms. The fraction of sp³-hybridized carbons (Fsp3) is 0.500. The molecule has 2 aliphatic rings. The number of carbonyl (C=O) groups is 2. The first kappa shape index (κ1) is 23.5. The Morgan fingerprint density at radius 1 is 1.03 bits per heavy atom. The molecule has 6 N–H and O–H groups in total. The molecule has 0 unspecified atom stereocenters. The maximum Gasteiger partial charge on any atom is 0.260 e. The zero-order valence-corrected chi connectivity index (χ0v) is 18.4. The van der Waals surface area contributed by atoms with Crippen molar-refractivity contribution in [1.29, 1.82) is 0 Å². The van der Waals surface area contributed by atoms with Crippen LogP contribution < -0.4 is 22.1 Å². The molecule has 3 heterocycles. The first-order valence-electron chi connectivity index (χ1n) is 9.27. The van der Waals surface area contributed by atoms with Gasteiger partial charge in [0, 0.05) is 31.6 Å². The number of halogens is 2. The highest BCUT2D eigenvalue weighted by molar-refractivity contribution is 7.21. The highest BCUT2D eigenvalue weighted by Gasteiger charge is 2.28. The lowest BCUT2D eigenvalue weighted by Crippen LogP contribution is -2.50. The molecule has 1 aliphatic carbocycles. The quantitative estimate of drug-likeness (QED) is 0.632. The van der Waals surface area contributed by atoms with Gasteiger partial charge in [0.2, 0.25) is 5.91 Å². The predicted octanol–water partition coefficient (Wildman–Crippen LogP) is 1.31. The molecule has 0 atom stereocenters. The normalized spacial score (nSPS) is 16.0. The van der Waals surface area contributed by atoms with Gasteiger partial charge in [0.05, 0.1) is 12.2 Å². The third-order valence-electron chi connectivity index (χ3n) is 5.50. The van der Waals surface area contributed by atoms with Crippen molar-refractivity contribution in [3.05, 3.63) is 16.0 Å². The average Bonchev–Trinajstić information content (AvgIpc) is 3.04. The van der Waals surface area contributed by atoms with E-state index in [1.165, 1.54) is 22.5 Å². The highest BCUT2D eigenvalue weighted by Crippen LogP contribution is 2.42. The molecular weight excluding hydrogens is 435 g/mol. The van der Waals surface area contributed by atoms with Crippen molar-refractivity contribution in [3.63, 3.8) is 0 Å². The Morgan fingerprint density at radius 3 is 2.24 bits per heavy atom. The molecule has 160 valence electrons. The first-order chi connectivity index (χ1) is 13.0. The second-order valence-electron chi connectivity index (χ2n) is 7.06.